The second kappa shape index (κ2) is 9.40. The summed E-state index contributed by atoms with van der Waals surface area (Å²) in [7, 11) is 1.33. The summed E-state index contributed by atoms with van der Waals surface area (Å²) in [5.41, 5.74) is 1.80. The summed E-state index contributed by atoms with van der Waals surface area (Å²) in [4.78, 5) is 27.2. The van der Waals surface area contributed by atoms with Crippen molar-refractivity contribution in [1.82, 2.24) is 25.1 Å². The van der Waals surface area contributed by atoms with Gasteiger partial charge in [-0.25, -0.2) is 0 Å². The van der Waals surface area contributed by atoms with Gasteiger partial charge in [-0.2, -0.15) is 4.80 Å². The Morgan fingerprint density at radius 2 is 1.71 bits per heavy atom. The maximum Gasteiger partial charge on any atom is 0.307 e. The van der Waals surface area contributed by atoms with Gasteiger partial charge in [-0.15, -0.1) is 10.2 Å². The number of hydrogen-bond acceptors (Lipinski definition) is 6. The molecule has 0 unspecified atom stereocenters. The van der Waals surface area contributed by atoms with Gasteiger partial charge in [0.1, 0.15) is 6.54 Å². The average Bonchev–Trinajstić information content (AvgIpc) is 3.20. The first-order chi connectivity index (χ1) is 13.7. The molecule has 1 aromatic heterocycles. The second-order valence-electron chi connectivity index (χ2n) is 6.14. The van der Waals surface area contributed by atoms with Gasteiger partial charge in [0.25, 0.3) is 0 Å². The highest BCUT2D eigenvalue weighted by Gasteiger charge is 2.18. The molecule has 28 heavy (non-hydrogen) atoms. The van der Waals surface area contributed by atoms with Crippen LogP contribution in [0.15, 0.2) is 60.7 Å². The summed E-state index contributed by atoms with van der Waals surface area (Å²) in [6.07, 6.45) is 0.120. The first kappa shape index (κ1) is 19.2. The van der Waals surface area contributed by atoms with Crippen LogP contribution in [0.2, 0.25) is 0 Å². The largest absolute Gasteiger partial charge is 0.469 e. The maximum absolute atomic E-state index is 12.8. The SMILES string of the molecule is COC(=O)CCN(Cc1ccccc1)C(=O)Cn1nnc(-c2ccccc2)n1. The third kappa shape index (κ3) is 5.23. The highest BCUT2D eigenvalue weighted by Crippen LogP contribution is 2.12. The number of ether oxygens (including phenoxy) is 1. The number of nitrogens with zero attached hydrogens (tertiary/aromatic N) is 5. The van der Waals surface area contributed by atoms with Crippen LogP contribution in [0.4, 0.5) is 0 Å². The third-order valence-corrected chi connectivity index (χ3v) is 4.14. The first-order valence-electron chi connectivity index (χ1n) is 8.87. The van der Waals surface area contributed by atoms with Crippen LogP contribution in [-0.2, 0) is 27.4 Å². The minimum atomic E-state index is -0.365. The molecule has 0 saturated heterocycles. The summed E-state index contributed by atoms with van der Waals surface area (Å²) in [5.74, 6) is -0.113. The van der Waals surface area contributed by atoms with E-state index in [2.05, 4.69) is 20.1 Å². The number of tetrazole rings is 1. The van der Waals surface area contributed by atoms with Crippen molar-refractivity contribution in [3.05, 3.63) is 66.2 Å². The molecule has 0 bridgehead atoms. The zero-order chi connectivity index (χ0) is 19.8. The van der Waals surface area contributed by atoms with Crippen LogP contribution < -0.4 is 0 Å². The molecule has 0 saturated carbocycles. The molecule has 144 valence electrons. The second-order valence-corrected chi connectivity index (χ2v) is 6.14. The van der Waals surface area contributed by atoms with Gasteiger partial charge in [0, 0.05) is 18.7 Å². The zero-order valence-electron chi connectivity index (χ0n) is 15.6. The van der Waals surface area contributed by atoms with Crippen LogP contribution in [0, 0.1) is 0 Å². The van der Waals surface area contributed by atoms with Crippen molar-refractivity contribution in [3.8, 4) is 11.4 Å². The van der Waals surface area contributed by atoms with Gasteiger partial charge < -0.3 is 9.64 Å². The summed E-state index contributed by atoms with van der Waals surface area (Å²) >= 11 is 0. The number of carbonyl (C=O) groups is 2. The number of carbonyl (C=O) groups excluding carboxylic acids is 2. The average molecular weight is 379 g/mol. The van der Waals surface area contributed by atoms with Crippen LogP contribution in [0.25, 0.3) is 11.4 Å². The van der Waals surface area contributed by atoms with Crippen LogP contribution in [0.5, 0.6) is 0 Å². The standard InChI is InChI=1S/C20H21N5O3/c1-28-19(27)12-13-24(14-16-8-4-2-5-9-16)18(26)15-25-22-20(21-23-25)17-10-6-3-7-11-17/h2-11H,12-15H2,1H3. The molecule has 1 amide bonds. The van der Waals surface area contributed by atoms with Gasteiger partial charge in [0.2, 0.25) is 11.7 Å². The molecule has 8 nitrogen and oxygen atoms in total. The van der Waals surface area contributed by atoms with E-state index >= 15 is 0 Å². The molecule has 8 heteroatoms. The van der Waals surface area contributed by atoms with Crippen LogP contribution in [0.1, 0.15) is 12.0 Å². The molecule has 0 radical (unpaired) electrons. The normalized spacial score (nSPS) is 10.5. The maximum atomic E-state index is 12.8. The number of esters is 1. The number of hydrogen-bond donors (Lipinski definition) is 0. The lowest BCUT2D eigenvalue weighted by Crippen LogP contribution is -2.35. The smallest absolute Gasteiger partial charge is 0.307 e. The molecule has 0 N–H and O–H groups in total. The molecule has 3 aromatic rings. The van der Waals surface area contributed by atoms with Crippen molar-refractivity contribution < 1.29 is 14.3 Å². The van der Waals surface area contributed by atoms with Gasteiger partial charge in [0.15, 0.2) is 0 Å². The molecular formula is C20H21N5O3. The summed E-state index contributed by atoms with van der Waals surface area (Å²) in [6, 6.07) is 19.0. The van der Waals surface area contributed by atoms with Gasteiger partial charge >= 0.3 is 5.97 Å². The molecular weight excluding hydrogens is 358 g/mol. The zero-order valence-corrected chi connectivity index (χ0v) is 15.6. The van der Waals surface area contributed by atoms with E-state index in [4.69, 9.17) is 0 Å². The fourth-order valence-electron chi connectivity index (χ4n) is 2.66. The lowest BCUT2D eigenvalue weighted by atomic mass is 10.2. The summed E-state index contributed by atoms with van der Waals surface area (Å²) in [6.45, 7) is 0.575. The molecule has 1 heterocycles. The minimum absolute atomic E-state index is 0.0617. The fourth-order valence-corrected chi connectivity index (χ4v) is 2.66. The Labute approximate surface area is 162 Å². The highest BCUT2D eigenvalue weighted by atomic mass is 16.5. The van der Waals surface area contributed by atoms with Crippen LogP contribution in [-0.4, -0.2) is 50.6 Å². The van der Waals surface area contributed by atoms with Gasteiger partial charge in [-0.1, -0.05) is 60.7 Å². The number of rotatable bonds is 8. The monoisotopic (exact) mass is 379 g/mol. The Morgan fingerprint density at radius 1 is 1.04 bits per heavy atom. The fraction of sp³-hybridized carbons (Fsp3) is 0.250. The molecule has 0 atom stereocenters. The van der Waals surface area contributed by atoms with Gasteiger partial charge in [-0.3, -0.25) is 9.59 Å². The predicted molar refractivity (Wildman–Crippen MR) is 102 cm³/mol. The van der Waals surface area contributed by atoms with Crippen LogP contribution in [0.3, 0.4) is 0 Å². The Bertz CT molecular complexity index is 912. The molecule has 3 rings (SSSR count). The van der Waals surface area contributed by atoms with Gasteiger partial charge in [0.05, 0.1) is 13.5 Å². The van der Waals surface area contributed by atoms with E-state index in [0.717, 1.165) is 11.1 Å². The van der Waals surface area contributed by atoms with Gasteiger partial charge in [-0.05, 0) is 10.8 Å². The Balaban J connectivity index is 1.69. The number of methoxy groups -OCH3 is 1. The van der Waals surface area contributed by atoms with Crippen molar-refractivity contribution in [2.75, 3.05) is 13.7 Å². The van der Waals surface area contributed by atoms with E-state index in [9.17, 15) is 9.59 Å². The first-order valence-corrected chi connectivity index (χ1v) is 8.87. The Kier molecular flexibility index (Phi) is 6.46. The van der Waals surface area contributed by atoms with Crippen molar-refractivity contribution in [3.63, 3.8) is 0 Å². The van der Waals surface area contributed by atoms with E-state index in [1.165, 1.54) is 11.9 Å². The quantitative estimate of drug-likeness (QED) is 0.556. The molecule has 0 fully saturated rings. The molecule has 2 aromatic carbocycles. The topological polar surface area (TPSA) is 90.2 Å². The lowest BCUT2D eigenvalue weighted by molar-refractivity contribution is -0.142. The third-order valence-electron chi connectivity index (χ3n) is 4.14. The van der Waals surface area contributed by atoms with Crippen molar-refractivity contribution >= 4 is 11.9 Å². The number of benzene rings is 2. The summed E-state index contributed by atoms with van der Waals surface area (Å²) < 4.78 is 4.68. The Morgan fingerprint density at radius 3 is 2.39 bits per heavy atom. The Hall–Kier alpha value is -3.55. The molecule has 0 aliphatic rings. The van der Waals surface area contributed by atoms with E-state index in [0.29, 0.717) is 12.4 Å². The van der Waals surface area contributed by atoms with E-state index < -0.39 is 0 Å². The van der Waals surface area contributed by atoms with Crippen LogP contribution >= 0.6 is 0 Å². The summed E-state index contributed by atoms with van der Waals surface area (Å²) in [5, 5.41) is 12.3. The van der Waals surface area contributed by atoms with E-state index in [-0.39, 0.29) is 31.4 Å². The van der Waals surface area contributed by atoms with E-state index in [1.54, 1.807) is 4.90 Å². The number of amides is 1. The molecule has 0 spiro atoms. The molecule has 0 aliphatic carbocycles. The van der Waals surface area contributed by atoms with Crippen molar-refractivity contribution in [2.45, 2.75) is 19.5 Å². The number of aromatic nitrogens is 4. The lowest BCUT2D eigenvalue weighted by Gasteiger charge is -2.22. The van der Waals surface area contributed by atoms with Crippen molar-refractivity contribution in [2.24, 2.45) is 0 Å². The van der Waals surface area contributed by atoms with E-state index in [1.807, 2.05) is 60.7 Å². The predicted octanol–water partition coefficient (Wildman–Crippen LogP) is 1.93. The van der Waals surface area contributed by atoms with Crippen molar-refractivity contribution in [1.29, 1.82) is 0 Å². The minimum Gasteiger partial charge on any atom is -0.469 e. The highest BCUT2D eigenvalue weighted by molar-refractivity contribution is 5.77. The molecule has 0 aliphatic heterocycles.